The Morgan fingerprint density at radius 1 is 0.667 bits per heavy atom. The molecule has 5 aromatic rings. The van der Waals surface area contributed by atoms with Gasteiger partial charge in [0.1, 0.15) is 0 Å². The first-order valence-electron chi connectivity index (χ1n) is 11.2. The number of nitrogens with zero attached hydrogens (tertiary/aromatic N) is 1. The molecular formula is C31H23NS. The molecule has 0 N–H and O–H groups in total. The fourth-order valence-electron chi connectivity index (χ4n) is 4.67. The molecule has 0 saturated heterocycles. The van der Waals surface area contributed by atoms with Gasteiger partial charge in [0, 0.05) is 38.0 Å². The Hall–Kier alpha value is -3.88. The van der Waals surface area contributed by atoms with Gasteiger partial charge in [0.25, 0.3) is 0 Å². The van der Waals surface area contributed by atoms with Gasteiger partial charge in [-0.25, -0.2) is 0 Å². The van der Waals surface area contributed by atoms with Crippen LogP contribution in [-0.4, -0.2) is 6.54 Å². The van der Waals surface area contributed by atoms with Gasteiger partial charge in [0.05, 0.1) is 5.69 Å². The van der Waals surface area contributed by atoms with Crippen molar-refractivity contribution in [3.63, 3.8) is 0 Å². The van der Waals surface area contributed by atoms with Gasteiger partial charge in [-0.2, -0.15) is 0 Å². The molecule has 0 aliphatic carbocycles. The standard InChI is InChI=1S/C31H23NS/c1-22-18-19-24(23-10-3-2-4-11-23)20-21-32(27-14-7-5-12-25(22)27)28-15-9-17-30-31(28)26-13-6-8-16-29(26)33-30/h2-20H,1,21H2/b19-18-,24-20+. The first kappa shape index (κ1) is 19.8. The molecule has 1 aromatic heterocycles. The van der Waals surface area contributed by atoms with E-state index in [0.717, 1.165) is 17.7 Å². The molecule has 2 heteroatoms. The Morgan fingerprint density at radius 2 is 1.39 bits per heavy atom. The van der Waals surface area contributed by atoms with Crippen LogP contribution in [0.3, 0.4) is 0 Å². The van der Waals surface area contributed by atoms with Gasteiger partial charge < -0.3 is 4.90 Å². The predicted octanol–water partition coefficient (Wildman–Crippen LogP) is 8.86. The number of thiophene rings is 1. The predicted molar refractivity (Wildman–Crippen MR) is 145 cm³/mol. The third-order valence-corrected chi connectivity index (χ3v) is 7.41. The van der Waals surface area contributed by atoms with E-state index >= 15 is 0 Å². The van der Waals surface area contributed by atoms with Crippen LogP contribution in [0.1, 0.15) is 11.1 Å². The lowest BCUT2D eigenvalue weighted by Crippen LogP contribution is -2.18. The maximum Gasteiger partial charge on any atom is 0.0508 e. The molecule has 0 spiro atoms. The lowest BCUT2D eigenvalue weighted by atomic mass is 10.0. The number of rotatable bonds is 2. The van der Waals surface area contributed by atoms with Gasteiger partial charge in [-0.3, -0.25) is 0 Å². The van der Waals surface area contributed by atoms with Gasteiger partial charge in [-0.1, -0.05) is 97.6 Å². The molecule has 1 aliphatic heterocycles. The molecule has 0 amide bonds. The summed E-state index contributed by atoms with van der Waals surface area (Å²) >= 11 is 1.86. The SMILES string of the molecule is C=C1/C=C\C(c2ccccc2)=C/CN(c2cccc3sc4ccccc4c23)c2ccccc21. The summed E-state index contributed by atoms with van der Waals surface area (Å²) in [7, 11) is 0. The van der Waals surface area contributed by atoms with Crippen LogP contribution in [0.4, 0.5) is 11.4 Å². The summed E-state index contributed by atoms with van der Waals surface area (Å²) in [5, 5.41) is 2.63. The molecule has 0 saturated carbocycles. The highest BCUT2D eigenvalue weighted by Gasteiger charge is 2.19. The van der Waals surface area contributed by atoms with Crippen molar-refractivity contribution >= 4 is 54.0 Å². The Morgan fingerprint density at radius 3 is 2.30 bits per heavy atom. The molecule has 33 heavy (non-hydrogen) atoms. The summed E-state index contributed by atoms with van der Waals surface area (Å²) in [4.78, 5) is 2.44. The zero-order chi connectivity index (χ0) is 22.2. The minimum absolute atomic E-state index is 0.766. The Bertz CT molecular complexity index is 1550. The van der Waals surface area contributed by atoms with E-state index < -0.39 is 0 Å². The number of hydrogen-bond donors (Lipinski definition) is 0. The van der Waals surface area contributed by atoms with Gasteiger partial charge in [0.15, 0.2) is 0 Å². The first-order chi connectivity index (χ1) is 16.3. The second kappa shape index (κ2) is 8.23. The van der Waals surface area contributed by atoms with Crippen molar-refractivity contribution in [2.24, 2.45) is 0 Å². The van der Waals surface area contributed by atoms with Crippen LogP contribution >= 0.6 is 11.3 Å². The number of hydrogen-bond acceptors (Lipinski definition) is 2. The number of para-hydroxylation sites is 1. The quantitative estimate of drug-likeness (QED) is 0.264. The largest absolute Gasteiger partial charge is 0.337 e. The number of fused-ring (bicyclic) bond motifs is 4. The zero-order valence-electron chi connectivity index (χ0n) is 18.2. The number of anilines is 2. The van der Waals surface area contributed by atoms with Crippen LogP contribution in [0, 0.1) is 0 Å². The van der Waals surface area contributed by atoms with E-state index in [1.807, 2.05) is 11.3 Å². The second-order valence-electron chi connectivity index (χ2n) is 8.26. The third-order valence-electron chi connectivity index (χ3n) is 6.28. The topological polar surface area (TPSA) is 3.24 Å². The normalized spacial score (nSPS) is 16.5. The van der Waals surface area contributed by atoms with E-state index in [9.17, 15) is 0 Å². The molecule has 4 aromatic carbocycles. The average molecular weight is 442 g/mol. The van der Waals surface area contributed by atoms with E-state index in [2.05, 4.69) is 127 Å². The monoisotopic (exact) mass is 441 g/mol. The lowest BCUT2D eigenvalue weighted by molar-refractivity contribution is 1.10. The Kier molecular flexibility index (Phi) is 4.93. The van der Waals surface area contributed by atoms with Crippen LogP contribution in [0.5, 0.6) is 0 Å². The van der Waals surface area contributed by atoms with Crippen molar-refractivity contribution in [3.8, 4) is 0 Å². The number of benzene rings is 4. The molecular weight excluding hydrogens is 418 g/mol. The van der Waals surface area contributed by atoms with Crippen molar-refractivity contribution in [1.82, 2.24) is 0 Å². The van der Waals surface area contributed by atoms with E-state index in [-0.39, 0.29) is 0 Å². The van der Waals surface area contributed by atoms with Gasteiger partial charge in [0.2, 0.25) is 0 Å². The molecule has 0 unspecified atom stereocenters. The van der Waals surface area contributed by atoms with Crippen LogP contribution in [0.2, 0.25) is 0 Å². The zero-order valence-corrected chi connectivity index (χ0v) is 19.1. The molecule has 1 nitrogen and oxygen atoms in total. The summed E-state index contributed by atoms with van der Waals surface area (Å²) < 4.78 is 2.64. The first-order valence-corrected chi connectivity index (χ1v) is 12.0. The van der Waals surface area contributed by atoms with E-state index in [0.29, 0.717) is 0 Å². The molecule has 2 heterocycles. The smallest absolute Gasteiger partial charge is 0.0508 e. The second-order valence-corrected chi connectivity index (χ2v) is 9.34. The van der Waals surface area contributed by atoms with Crippen molar-refractivity contribution in [2.45, 2.75) is 0 Å². The van der Waals surface area contributed by atoms with Crippen molar-refractivity contribution in [1.29, 1.82) is 0 Å². The van der Waals surface area contributed by atoms with Gasteiger partial charge in [-0.15, -0.1) is 11.3 Å². The van der Waals surface area contributed by atoms with Crippen LogP contribution < -0.4 is 4.90 Å². The third kappa shape index (κ3) is 3.49. The molecule has 1 aliphatic rings. The maximum absolute atomic E-state index is 4.42. The minimum Gasteiger partial charge on any atom is -0.337 e. The van der Waals surface area contributed by atoms with Crippen molar-refractivity contribution < 1.29 is 0 Å². The van der Waals surface area contributed by atoms with Gasteiger partial charge >= 0.3 is 0 Å². The summed E-state index contributed by atoms with van der Waals surface area (Å²) in [5.74, 6) is 0. The Labute approximate surface area is 198 Å². The van der Waals surface area contributed by atoms with E-state index in [1.54, 1.807) is 0 Å². The highest BCUT2D eigenvalue weighted by Crippen LogP contribution is 2.43. The molecule has 0 fully saturated rings. The number of allylic oxidation sites excluding steroid dienone is 4. The van der Waals surface area contributed by atoms with E-state index in [1.165, 1.54) is 42.7 Å². The summed E-state index contributed by atoms with van der Waals surface area (Å²) in [6, 6.07) is 34.6. The summed E-state index contributed by atoms with van der Waals surface area (Å²) in [6.07, 6.45) is 6.66. The lowest BCUT2D eigenvalue weighted by Gasteiger charge is -2.27. The molecule has 0 radical (unpaired) electrons. The van der Waals surface area contributed by atoms with Crippen LogP contribution in [-0.2, 0) is 0 Å². The maximum atomic E-state index is 4.42. The highest BCUT2D eigenvalue weighted by atomic mass is 32.1. The van der Waals surface area contributed by atoms with Crippen molar-refractivity contribution in [2.75, 3.05) is 11.4 Å². The fraction of sp³-hybridized carbons (Fsp3) is 0.0323. The summed E-state index contributed by atoms with van der Waals surface area (Å²) in [6.45, 7) is 5.18. The van der Waals surface area contributed by atoms with E-state index in [4.69, 9.17) is 0 Å². The molecule has 6 rings (SSSR count). The van der Waals surface area contributed by atoms with Crippen molar-refractivity contribution in [3.05, 3.63) is 133 Å². The fourth-order valence-corrected chi connectivity index (χ4v) is 5.80. The minimum atomic E-state index is 0.766. The molecule has 0 atom stereocenters. The van der Waals surface area contributed by atoms with Crippen LogP contribution in [0.15, 0.2) is 122 Å². The summed E-state index contributed by atoms with van der Waals surface area (Å²) in [5.41, 5.74) is 7.01. The molecule has 158 valence electrons. The Balaban J connectivity index is 1.60. The molecule has 0 bridgehead atoms. The van der Waals surface area contributed by atoms with Gasteiger partial charge in [-0.05, 0) is 41.0 Å². The van der Waals surface area contributed by atoms with Crippen LogP contribution in [0.25, 0.3) is 31.3 Å². The average Bonchev–Trinajstić information content (AvgIpc) is 3.28. The highest BCUT2D eigenvalue weighted by molar-refractivity contribution is 7.25.